The molecule has 0 aromatic carbocycles. The van der Waals surface area contributed by atoms with Crippen molar-refractivity contribution in [3.8, 4) is 0 Å². The summed E-state index contributed by atoms with van der Waals surface area (Å²) < 4.78 is 15.5. The van der Waals surface area contributed by atoms with Crippen molar-refractivity contribution in [2.24, 2.45) is 0 Å². The summed E-state index contributed by atoms with van der Waals surface area (Å²) in [6.07, 6.45) is 2.73. The average molecular weight is 263 g/mol. The maximum atomic E-state index is 10.8. The van der Waals surface area contributed by atoms with Crippen LogP contribution in [0, 0.1) is 0 Å². The quantitative estimate of drug-likeness (QED) is 0.512. The Balaban J connectivity index is 3.59. The van der Waals surface area contributed by atoms with Crippen molar-refractivity contribution in [2.75, 3.05) is 27.9 Å². The van der Waals surface area contributed by atoms with Gasteiger partial charge in [0, 0.05) is 20.8 Å². The zero-order valence-electron chi connectivity index (χ0n) is 11.4. The Morgan fingerprint density at radius 2 is 1.76 bits per heavy atom. The van der Waals surface area contributed by atoms with Gasteiger partial charge in [0.2, 0.25) is 0 Å². The summed E-state index contributed by atoms with van der Waals surface area (Å²) in [5, 5.41) is 2.66. The van der Waals surface area contributed by atoms with Gasteiger partial charge in [-0.2, -0.15) is 0 Å². The molecule has 0 aromatic heterocycles. The van der Waals surface area contributed by atoms with Crippen LogP contribution in [0.25, 0.3) is 0 Å². The molecule has 0 aromatic rings. The van der Waals surface area contributed by atoms with Gasteiger partial charge in [-0.3, -0.25) is 0 Å². The molecule has 0 bridgehead atoms. The van der Waals surface area contributed by atoms with Gasteiger partial charge in [0.15, 0.2) is 0 Å². The molecule has 0 aliphatic carbocycles. The fourth-order valence-corrected chi connectivity index (χ4v) is 4.01. The summed E-state index contributed by atoms with van der Waals surface area (Å²) in [6, 6.07) is 1.98. The minimum Gasteiger partial charge on any atom is -0.453 e. The third-order valence-electron chi connectivity index (χ3n) is 2.97. The van der Waals surface area contributed by atoms with Gasteiger partial charge in [-0.25, -0.2) is 4.79 Å². The van der Waals surface area contributed by atoms with E-state index in [1.165, 1.54) is 7.11 Å². The predicted octanol–water partition coefficient (Wildman–Crippen LogP) is 2.27. The maximum Gasteiger partial charge on any atom is 0.406 e. The minimum absolute atomic E-state index is 0.365. The molecule has 0 spiro atoms. The predicted molar refractivity (Wildman–Crippen MR) is 69.3 cm³/mol. The normalized spacial score (nSPS) is 11.3. The smallest absolute Gasteiger partial charge is 0.406 e. The van der Waals surface area contributed by atoms with E-state index >= 15 is 0 Å². The van der Waals surface area contributed by atoms with E-state index in [9.17, 15) is 4.79 Å². The van der Waals surface area contributed by atoms with Crippen molar-refractivity contribution in [1.82, 2.24) is 5.32 Å². The number of carbonyl (C=O) groups excluding carboxylic acids is 1. The van der Waals surface area contributed by atoms with Gasteiger partial charge in [-0.05, 0) is 18.5 Å². The van der Waals surface area contributed by atoms with Gasteiger partial charge in [-0.15, -0.1) is 0 Å². The SMILES string of the molecule is CC[Si](CCCCCNC(=O)OC)(OC)OC. The first-order valence-corrected chi connectivity index (χ1v) is 8.29. The lowest BCUT2D eigenvalue weighted by atomic mass is 10.2. The van der Waals surface area contributed by atoms with Gasteiger partial charge in [-0.1, -0.05) is 19.8 Å². The second kappa shape index (κ2) is 9.44. The lowest BCUT2D eigenvalue weighted by Crippen LogP contribution is -2.38. The number of carbonyl (C=O) groups is 1. The largest absolute Gasteiger partial charge is 0.453 e. The highest BCUT2D eigenvalue weighted by molar-refractivity contribution is 6.67. The van der Waals surface area contributed by atoms with E-state index in [4.69, 9.17) is 8.85 Å². The second-order valence-electron chi connectivity index (χ2n) is 3.90. The number of amides is 1. The Kier molecular flexibility index (Phi) is 9.11. The standard InChI is InChI=1S/C11H25NO4Si/c1-5-17(15-3,16-4)10-8-6-7-9-12-11(13)14-2/h5-10H2,1-4H3,(H,12,13). The van der Waals surface area contributed by atoms with Crippen LogP contribution in [0.4, 0.5) is 4.79 Å². The third-order valence-corrected chi connectivity index (χ3v) is 6.65. The molecule has 0 aliphatic rings. The Morgan fingerprint density at radius 1 is 1.12 bits per heavy atom. The number of methoxy groups -OCH3 is 1. The molecule has 0 heterocycles. The van der Waals surface area contributed by atoms with Crippen molar-refractivity contribution >= 4 is 14.7 Å². The summed E-state index contributed by atoms with van der Waals surface area (Å²) >= 11 is 0. The van der Waals surface area contributed by atoms with Crippen LogP contribution >= 0.6 is 0 Å². The van der Waals surface area contributed by atoms with Crippen molar-refractivity contribution in [2.45, 2.75) is 38.3 Å². The number of rotatable bonds is 9. The summed E-state index contributed by atoms with van der Waals surface area (Å²) in [6.45, 7) is 2.77. The second-order valence-corrected chi connectivity index (χ2v) is 7.75. The zero-order valence-corrected chi connectivity index (χ0v) is 12.4. The molecule has 0 unspecified atom stereocenters. The van der Waals surface area contributed by atoms with Gasteiger partial charge in [0.05, 0.1) is 7.11 Å². The van der Waals surface area contributed by atoms with Gasteiger partial charge >= 0.3 is 14.7 Å². The molecule has 0 radical (unpaired) electrons. The number of hydrogen-bond acceptors (Lipinski definition) is 4. The molecule has 102 valence electrons. The topological polar surface area (TPSA) is 56.8 Å². The molecule has 1 N–H and O–H groups in total. The third kappa shape index (κ3) is 6.65. The molecular formula is C11H25NO4Si. The van der Waals surface area contributed by atoms with Crippen LogP contribution in [0.3, 0.4) is 0 Å². The molecule has 17 heavy (non-hydrogen) atoms. The van der Waals surface area contributed by atoms with Crippen LogP contribution in [-0.4, -0.2) is 42.5 Å². The fraction of sp³-hybridized carbons (Fsp3) is 0.909. The van der Waals surface area contributed by atoms with E-state index < -0.39 is 8.56 Å². The molecule has 6 heteroatoms. The lowest BCUT2D eigenvalue weighted by molar-refractivity contribution is 0.171. The highest BCUT2D eigenvalue weighted by Crippen LogP contribution is 2.20. The Bertz CT molecular complexity index is 201. The van der Waals surface area contributed by atoms with Gasteiger partial charge in [0.25, 0.3) is 0 Å². The first-order chi connectivity index (χ1) is 8.14. The van der Waals surface area contributed by atoms with Gasteiger partial charge in [0.1, 0.15) is 0 Å². The summed E-state index contributed by atoms with van der Waals surface area (Å²) in [5.41, 5.74) is 0. The molecule has 1 amide bonds. The van der Waals surface area contributed by atoms with E-state index in [0.717, 1.165) is 31.4 Å². The highest BCUT2D eigenvalue weighted by Gasteiger charge is 2.32. The van der Waals surface area contributed by atoms with E-state index in [0.29, 0.717) is 6.54 Å². The van der Waals surface area contributed by atoms with Crippen LogP contribution < -0.4 is 5.32 Å². The highest BCUT2D eigenvalue weighted by atomic mass is 28.4. The number of ether oxygens (including phenoxy) is 1. The number of unbranched alkanes of at least 4 members (excludes halogenated alkanes) is 2. The summed E-state index contributed by atoms with van der Waals surface area (Å²) in [7, 11) is 2.92. The van der Waals surface area contributed by atoms with Crippen molar-refractivity contribution < 1.29 is 18.4 Å². The molecule has 0 saturated carbocycles. The molecule has 5 nitrogen and oxygen atoms in total. The van der Waals surface area contributed by atoms with Crippen LogP contribution in [0.2, 0.25) is 12.1 Å². The zero-order chi connectivity index (χ0) is 13.1. The summed E-state index contributed by atoms with van der Waals surface area (Å²) in [4.78, 5) is 10.8. The number of nitrogens with one attached hydrogen (secondary N) is 1. The fourth-order valence-electron chi connectivity index (χ4n) is 1.71. The maximum absolute atomic E-state index is 10.8. The Hall–Kier alpha value is -0.593. The molecule has 0 fully saturated rings. The van der Waals surface area contributed by atoms with Gasteiger partial charge < -0.3 is 18.9 Å². The average Bonchev–Trinajstić information content (AvgIpc) is 2.38. The number of hydrogen-bond donors (Lipinski definition) is 1. The van der Waals surface area contributed by atoms with Crippen LogP contribution in [-0.2, 0) is 13.6 Å². The molecular weight excluding hydrogens is 238 g/mol. The first kappa shape index (κ1) is 16.4. The van der Waals surface area contributed by atoms with E-state index in [2.05, 4.69) is 17.0 Å². The monoisotopic (exact) mass is 263 g/mol. The molecule has 0 saturated heterocycles. The summed E-state index contributed by atoms with van der Waals surface area (Å²) in [5.74, 6) is 0. The van der Waals surface area contributed by atoms with Crippen molar-refractivity contribution in [3.05, 3.63) is 0 Å². The molecule has 0 atom stereocenters. The first-order valence-electron chi connectivity index (χ1n) is 6.06. The van der Waals surface area contributed by atoms with E-state index in [-0.39, 0.29) is 6.09 Å². The molecule has 0 aliphatic heterocycles. The van der Waals surface area contributed by atoms with Crippen molar-refractivity contribution in [1.29, 1.82) is 0 Å². The van der Waals surface area contributed by atoms with E-state index in [1.54, 1.807) is 14.2 Å². The minimum atomic E-state index is -1.92. The van der Waals surface area contributed by atoms with Crippen LogP contribution in [0.5, 0.6) is 0 Å². The lowest BCUT2D eigenvalue weighted by Gasteiger charge is -2.25. The van der Waals surface area contributed by atoms with Crippen LogP contribution in [0.15, 0.2) is 0 Å². The number of alkyl carbamates (subject to hydrolysis) is 1. The Morgan fingerprint density at radius 3 is 2.24 bits per heavy atom. The Labute approximate surface area is 105 Å². The van der Waals surface area contributed by atoms with E-state index in [1.807, 2.05) is 0 Å². The van der Waals surface area contributed by atoms with Crippen LogP contribution in [0.1, 0.15) is 26.2 Å². The molecule has 0 rings (SSSR count). The van der Waals surface area contributed by atoms with Crippen molar-refractivity contribution in [3.63, 3.8) is 0 Å².